The summed E-state index contributed by atoms with van der Waals surface area (Å²) in [6.45, 7) is 7.53. The predicted octanol–water partition coefficient (Wildman–Crippen LogP) is 3.89. The number of hydrogen-bond donors (Lipinski definition) is 3. The normalized spacial score (nSPS) is 21.4. The summed E-state index contributed by atoms with van der Waals surface area (Å²) in [4.78, 5) is 57.4. The highest BCUT2D eigenvalue weighted by Crippen LogP contribution is 2.32. The summed E-state index contributed by atoms with van der Waals surface area (Å²) in [5, 5.41) is 31.5. The van der Waals surface area contributed by atoms with Gasteiger partial charge in [0.05, 0.1) is 18.7 Å². The van der Waals surface area contributed by atoms with Crippen molar-refractivity contribution in [2.75, 3.05) is 0 Å². The maximum absolute atomic E-state index is 13.5. The predicted molar refractivity (Wildman–Crippen MR) is 152 cm³/mol. The minimum Gasteiger partial charge on any atom is -0.508 e. The molecule has 0 aliphatic carbocycles. The number of carbonyl (C=O) groups excluding carboxylic acids is 3. The molecule has 0 amide bonds. The van der Waals surface area contributed by atoms with E-state index in [1.165, 1.54) is 30.3 Å². The third kappa shape index (κ3) is 8.40. The molecule has 3 N–H and O–H groups in total. The number of cyclic esters (lactones) is 1. The topological polar surface area (TPSA) is 152 Å². The van der Waals surface area contributed by atoms with Gasteiger partial charge >= 0.3 is 5.97 Å². The summed E-state index contributed by atoms with van der Waals surface area (Å²) in [5.74, 6) is -2.10. The van der Waals surface area contributed by atoms with E-state index in [0.717, 1.165) is 18.2 Å². The maximum atomic E-state index is 13.5. The second-order valence-corrected chi connectivity index (χ2v) is 10.4. The first-order valence-corrected chi connectivity index (χ1v) is 13.6. The molecule has 1 unspecified atom stereocenters. The van der Waals surface area contributed by atoms with Crippen molar-refractivity contribution in [1.29, 1.82) is 0 Å². The van der Waals surface area contributed by atoms with E-state index in [1.807, 2.05) is 26.8 Å². The standard InChI is InChI=1S/C31H37NO9/c1-5-18(2)14-19(3)6-13-25(35)29-30(38)24(21-8-11-22(33)12-9-21)17-32(31(29)39)41-27-15-23(34)10-7-20(4)40-28(37)16-26(27)36/h6,8-9,11-14,17-18,20,26-27,33,36,38H,5,7,10,15-16H2,1-4H3/b13-6+,19-14+/t18-,20?,26+,27+/m1/s1. The first-order valence-electron chi connectivity index (χ1n) is 13.6. The van der Waals surface area contributed by atoms with Crippen molar-refractivity contribution in [3.63, 3.8) is 0 Å². The molecule has 0 radical (unpaired) electrons. The number of phenols is 1. The lowest BCUT2D eigenvalue weighted by atomic mass is 10.00. The lowest BCUT2D eigenvalue weighted by Crippen LogP contribution is -2.44. The number of esters is 1. The molecule has 1 fully saturated rings. The van der Waals surface area contributed by atoms with Gasteiger partial charge in [0.1, 0.15) is 28.9 Å². The fourth-order valence-electron chi connectivity index (χ4n) is 4.36. The number of ketones is 2. The van der Waals surface area contributed by atoms with Crippen molar-refractivity contribution in [1.82, 2.24) is 4.73 Å². The van der Waals surface area contributed by atoms with E-state index in [9.17, 15) is 34.5 Å². The molecule has 1 saturated heterocycles. The summed E-state index contributed by atoms with van der Waals surface area (Å²) >= 11 is 0. The fourth-order valence-corrected chi connectivity index (χ4v) is 4.36. The Hall–Kier alpha value is -4.18. The number of nitrogens with zero attached hydrogens (tertiary/aromatic N) is 1. The Balaban J connectivity index is 2.09. The molecule has 1 aromatic heterocycles. The van der Waals surface area contributed by atoms with Crippen LogP contribution in [-0.2, 0) is 14.3 Å². The highest BCUT2D eigenvalue weighted by atomic mass is 16.7. The minimum absolute atomic E-state index is 0.0298. The van der Waals surface area contributed by atoms with Gasteiger partial charge in [-0.3, -0.25) is 19.2 Å². The monoisotopic (exact) mass is 567 g/mol. The van der Waals surface area contributed by atoms with Crippen molar-refractivity contribution in [2.24, 2.45) is 5.92 Å². The van der Waals surface area contributed by atoms with Crippen LogP contribution in [0.1, 0.15) is 70.2 Å². The number of aliphatic hydroxyl groups is 1. The molecule has 3 rings (SSSR count). The van der Waals surface area contributed by atoms with E-state index in [0.29, 0.717) is 16.7 Å². The fraction of sp³-hybridized carbons (Fsp3) is 0.419. The lowest BCUT2D eigenvalue weighted by Gasteiger charge is -2.26. The summed E-state index contributed by atoms with van der Waals surface area (Å²) in [7, 11) is 0. The van der Waals surface area contributed by atoms with Crippen LogP contribution in [0.15, 0.2) is 59.1 Å². The molecule has 2 aromatic rings. The lowest BCUT2D eigenvalue weighted by molar-refractivity contribution is -0.156. The zero-order valence-corrected chi connectivity index (χ0v) is 23.7. The molecular weight excluding hydrogens is 530 g/mol. The van der Waals surface area contributed by atoms with E-state index in [2.05, 4.69) is 0 Å². The number of ether oxygens (including phenoxy) is 1. The third-order valence-corrected chi connectivity index (χ3v) is 6.91. The summed E-state index contributed by atoms with van der Waals surface area (Å²) in [6.07, 6.45) is 3.02. The highest BCUT2D eigenvalue weighted by Gasteiger charge is 2.31. The van der Waals surface area contributed by atoms with Crippen molar-refractivity contribution in [3.8, 4) is 22.6 Å². The zero-order chi connectivity index (χ0) is 30.3. The highest BCUT2D eigenvalue weighted by molar-refractivity contribution is 6.07. The molecule has 41 heavy (non-hydrogen) atoms. The van der Waals surface area contributed by atoms with Gasteiger partial charge in [0.15, 0.2) is 11.9 Å². The minimum atomic E-state index is -1.50. The Morgan fingerprint density at radius 3 is 2.49 bits per heavy atom. The molecule has 1 aromatic carbocycles. The number of pyridine rings is 1. The molecule has 1 aliphatic heterocycles. The molecule has 4 atom stereocenters. The van der Waals surface area contributed by atoms with Gasteiger partial charge in [-0.05, 0) is 50.0 Å². The summed E-state index contributed by atoms with van der Waals surface area (Å²) < 4.78 is 5.90. The van der Waals surface area contributed by atoms with Gasteiger partial charge in [0, 0.05) is 18.4 Å². The molecule has 10 nitrogen and oxygen atoms in total. The second kappa shape index (κ2) is 13.9. The smallest absolute Gasteiger partial charge is 0.308 e. The number of rotatable bonds is 8. The number of benzene rings is 1. The van der Waals surface area contributed by atoms with Gasteiger partial charge in [-0.2, -0.15) is 4.73 Å². The Morgan fingerprint density at radius 2 is 1.83 bits per heavy atom. The van der Waals surface area contributed by atoms with E-state index < -0.39 is 53.4 Å². The summed E-state index contributed by atoms with van der Waals surface area (Å²) in [6, 6.07) is 5.68. The Morgan fingerprint density at radius 1 is 1.15 bits per heavy atom. The number of allylic oxidation sites excluding steroid dienone is 4. The average Bonchev–Trinajstić information content (AvgIpc) is 2.91. The van der Waals surface area contributed by atoms with Crippen LogP contribution in [-0.4, -0.2) is 55.9 Å². The number of aromatic hydroxyl groups is 2. The van der Waals surface area contributed by atoms with Gasteiger partial charge in [-0.1, -0.05) is 50.1 Å². The van der Waals surface area contributed by atoms with Gasteiger partial charge in [0.25, 0.3) is 5.56 Å². The molecule has 1 aliphatic rings. The largest absolute Gasteiger partial charge is 0.508 e. The number of aliphatic hydroxyl groups excluding tert-OH is 1. The van der Waals surface area contributed by atoms with Gasteiger partial charge in [0.2, 0.25) is 0 Å². The van der Waals surface area contributed by atoms with Crippen molar-refractivity contribution >= 4 is 17.5 Å². The molecular formula is C31H37NO9. The third-order valence-electron chi connectivity index (χ3n) is 6.91. The summed E-state index contributed by atoms with van der Waals surface area (Å²) in [5.41, 5.74) is -0.429. The SMILES string of the molecule is CC[C@@H](C)/C=C(C)/C=C/C(=O)c1c(O)c(-c2ccc(O)cc2)cn(O[C@H]2CC(=O)CCC(C)OC(=O)C[C@@H]2O)c1=O. The van der Waals surface area contributed by atoms with Crippen LogP contribution in [0, 0.1) is 5.92 Å². The first-order chi connectivity index (χ1) is 19.4. The van der Waals surface area contributed by atoms with Gasteiger partial charge in [-0.15, -0.1) is 0 Å². The number of hydrogen-bond acceptors (Lipinski definition) is 9. The van der Waals surface area contributed by atoms with Crippen LogP contribution >= 0.6 is 0 Å². The van der Waals surface area contributed by atoms with E-state index >= 15 is 0 Å². The maximum Gasteiger partial charge on any atom is 0.308 e. The number of Topliss-reactive ketones (excluding diaryl/α,β-unsaturated/α-hetero) is 1. The molecule has 220 valence electrons. The number of aromatic nitrogens is 1. The van der Waals surface area contributed by atoms with E-state index in [-0.39, 0.29) is 35.9 Å². The second-order valence-electron chi connectivity index (χ2n) is 10.4. The number of carbonyl (C=O) groups is 3. The molecule has 0 bridgehead atoms. The first kappa shape index (κ1) is 31.3. The molecule has 0 saturated carbocycles. The Bertz CT molecular complexity index is 1390. The van der Waals surface area contributed by atoms with Crippen molar-refractivity contribution < 1.29 is 39.3 Å². The van der Waals surface area contributed by atoms with Crippen LogP contribution in [0.3, 0.4) is 0 Å². The van der Waals surface area contributed by atoms with Crippen LogP contribution in [0.2, 0.25) is 0 Å². The Kier molecular flexibility index (Phi) is 10.7. The molecule has 10 heteroatoms. The quantitative estimate of drug-likeness (QED) is 0.187. The van der Waals surface area contributed by atoms with Crippen molar-refractivity contribution in [2.45, 2.75) is 78.1 Å². The number of phenolic OH excluding ortho intramolecular Hbond substituents is 1. The van der Waals surface area contributed by atoms with Gasteiger partial charge in [-0.25, -0.2) is 0 Å². The average molecular weight is 568 g/mol. The van der Waals surface area contributed by atoms with Crippen molar-refractivity contribution in [3.05, 3.63) is 70.2 Å². The van der Waals surface area contributed by atoms with Gasteiger partial charge < -0.3 is 24.9 Å². The van der Waals surface area contributed by atoms with E-state index in [4.69, 9.17) is 9.57 Å². The van der Waals surface area contributed by atoms with Crippen LogP contribution < -0.4 is 10.4 Å². The molecule has 0 spiro atoms. The Labute approximate surface area is 238 Å². The van der Waals surface area contributed by atoms with Crippen LogP contribution in [0.25, 0.3) is 11.1 Å². The molecule has 2 heterocycles. The van der Waals surface area contributed by atoms with Crippen LogP contribution in [0.4, 0.5) is 0 Å². The van der Waals surface area contributed by atoms with Crippen LogP contribution in [0.5, 0.6) is 11.5 Å². The van der Waals surface area contributed by atoms with E-state index in [1.54, 1.807) is 13.0 Å². The zero-order valence-electron chi connectivity index (χ0n) is 23.7.